The Bertz CT molecular complexity index is 1260. The van der Waals surface area contributed by atoms with Gasteiger partial charge < -0.3 is 15.0 Å². The third-order valence-corrected chi connectivity index (χ3v) is 6.83. The van der Waals surface area contributed by atoms with Crippen LogP contribution in [0.4, 0.5) is 14.5 Å². The summed E-state index contributed by atoms with van der Waals surface area (Å²) in [5, 5.41) is 9.41. The fourth-order valence-electron chi connectivity index (χ4n) is 5.18. The summed E-state index contributed by atoms with van der Waals surface area (Å²) >= 11 is 0. The van der Waals surface area contributed by atoms with E-state index in [1.807, 2.05) is 30.3 Å². The molecule has 2 amide bonds. The fourth-order valence-corrected chi connectivity index (χ4v) is 5.18. The average molecular weight is 453 g/mol. The maximum absolute atomic E-state index is 13.5. The summed E-state index contributed by atoms with van der Waals surface area (Å²) in [5.41, 5.74) is 2.33. The second-order valence-corrected chi connectivity index (χ2v) is 9.12. The molecule has 170 valence electrons. The molecule has 0 atom stereocenters. The molecular formula is C23H21F2N5O3. The van der Waals surface area contributed by atoms with Crippen LogP contribution in [0.2, 0.25) is 0 Å². The van der Waals surface area contributed by atoms with E-state index in [0.717, 1.165) is 11.1 Å². The molecule has 2 N–H and O–H groups in total. The smallest absolute Gasteiger partial charge is 0.252 e. The molecule has 0 unspecified atom stereocenters. The lowest BCUT2D eigenvalue weighted by molar-refractivity contribution is -0.133. The van der Waals surface area contributed by atoms with Gasteiger partial charge in [0.15, 0.2) is 0 Å². The molecule has 2 fully saturated rings. The van der Waals surface area contributed by atoms with Crippen LogP contribution in [0.3, 0.4) is 0 Å². The van der Waals surface area contributed by atoms with Gasteiger partial charge in [0.25, 0.3) is 5.92 Å². The average Bonchev–Trinajstić information content (AvgIpc) is 3.29. The Morgan fingerprint density at radius 2 is 1.97 bits per heavy atom. The lowest BCUT2D eigenvalue weighted by Gasteiger charge is -2.43. The first-order chi connectivity index (χ1) is 15.8. The Labute approximate surface area is 187 Å². The van der Waals surface area contributed by atoms with Crippen molar-refractivity contribution >= 4 is 28.5 Å². The molecule has 6 rings (SSSR count). The highest BCUT2D eigenvalue weighted by Crippen LogP contribution is 2.54. The van der Waals surface area contributed by atoms with Gasteiger partial charge in [-0.15, -0.1) is 0 Å². The second-order valence-electron chi connectivity index (χ2n) is 9.12. The monoisotopic (exact) mass is 453 g/mol. The molecule has 0 bridgehead atoms. The molecule has 3 aliphatic rings. The quantitative estimate of drug-likeness (QED) is 0.619. The zero-order chi connectivity index (χ0) is 22.8. The van der Waals surface area contributed by atoms with Gasteiger partial charge in [-0.05, 0) is 17.7 Å². The summed E-state index contributed by atoms with van der Waals surface area (Å²) in [6.45, 7) is -0.191. The van der Waals surface area contributed by atoms with Gasteiger partial charge in [0.1, 0.15) is 18.2 Å². The van der Waals surface area contributed by atoms with Crippen molar-refractivity contribution in [1.82, 2.24) is 20.5 Å². The van der Waals surface area contributed by atoms with Gasteiger partial charge in [0, 0.05) is 43.5 Å². The van der Waals surface area contributed by atoms with Gasteiger partial charge in [0.2, 0.25) is 17.7 Å². The third-order valence-electron chi connectivity index (χ3n) is 6.83. The number of carbonyl (C=O) groups excluding carboxylic acids is 2. The number of pyridine rings is 1. The molecule has 3 aromatic rings. The number of H-pyrrole nitrogens is 1. The van der Waals surface area contributed by atoms with Crippen molar-refractivity contribution < 1.29 is 23.1 Å². The number of aromatic nitrogens is 3. The molecule has 1 spiro atoms. The highest BCUT2D eigenvalue weighted by atomic mass is 19.3. The van der Waals surface area contributed by atoms with Crippen LogP contribution in [0, 0.1) is 0 Å². The van der Waals surface area contributed by atoms with E-state index in [1.165, 1.54) is 4.90 Å². The molecule has 1 aliphatic heterocycles. The molecule has 2 aliphatic carbocycles. The van der Waals surface area contributed by atoms with E-state index in [9.17, 15) is 18.4 Å². The van der Waals surface area contributed by atoms with Crippen molar-refractivity contribution in [3.8, 4) is 5.88 Å². The minimum atomic E-state index is -2.71. The first-order valence-electron chi connectivity index (χ1n) is 10.9. The van der Waals surface area contributed by atoms with Gasteiger partial charge >= 0.3 is 0 Å². The number of anilines is 1. The Balaban J connectivity index is 1.16. The number of aromatic amines is 1. The largest absolute Gasteiger partial charge is 0.474 e. The predicted molar refractivity (Wildman–Crippen MR) is 114 cm³/mol. The molecule has 10 heteroatoms. The van der Waals surface area contributed by atoms with Gasteiger partial charge in [-0.2, -0.15) is 5.10 Å². The van der Waals surface area contributed by atoms with Crippen molar-refractivity contribution in [2.75, 3.05) is 11.4 Å². The maximum atomic E-state index is 13.5. The first-order valence-corrected chi connectivity index (χ1v) is 10.9. The summed E-state index contributed by atoms with van der Waals surface area (Å²) < 4.78 is 32.2. The number of benzene rings is 1. The number of hydrogen-bond donors (Lipinski definition) is 2. The summed E-state index contributed by atoms with van der Waals surface area (Å²) in [7, 11) is 0. The fraction of sp³-hybridized carbons (Fsp3) is 0.391. The molecule has 1 aromatic carbocycles. The first kappa shape index (κ1) is 20.1. The maximum Gasteiger partial charge on any atom is 0.252 e. The number of nitrogens with one attached hydrogen (secondary N) is 2. The van der Waals surface area contributed by atoms with E-state index in [-0.39, 0.29) is 31.4 Å². The Morgan fingerprint density at radius 3 is 2.76 bits per heavy atom. The molecule has 2 aromatic heterocycles. The number of rotatable bonds is 5. The lowest BCUT2D eigenvalue weighted by atomic mass is 9.63. The molecule has 3 heterocycles. The van der Waals surface area contributed by atoms with Crippen molar-refractivity contribution in [1.29, 1.82) is 0 Å². The van der Waals surface area contributed by atoms with E-state index < -0.39 is 23.3 Å². The van der Waals surface area contributed by atoms with E-state index in [2.05, 4.69) is 20.5 Å². The molecule has 0 radical (unpaired) electrons. The predicted octanol–water partition coefficient (Wildman–Crippen LogP) is 2.70. The molecule has 8 nitrogen and oxygen atoms in total. The topological polar surface area (TPSA) is 100 Å². The number of nitrogens with zero attached hydrogens (tertiary/aromatic N) is 3. The van der Waals surface area contributed by atoms with Crippen LogP contribution in [0.25, 0.3) is 11.0 Å². The third kappa shape index (κ3) is 3.23. The summed E-state index contributed by atoms with van der Waals surface area (Å²) in [6, 6.07) is 10.5. The lowest BCUT2D eigenvalue weighted by Crippen LogP contribution is -2.56. The van der Waals surface area contributed by atoms with Gasteiger partial charge in [-0.1, -0.05) is 18.2 Å². The minimum absolute atomic E-state index is 0.157. The number of fused-ring (bicyclic) bond motifs is 3. The molecule has 33 heavy (non-hydrogen) atoms. The summed E-state index contributed by atoms with van der Waals surface area (Å²) in [5.74, 6) is -2.83. The van der Waals surface area contributed by atoms with E-state index >= 15 is 0 Å². The highest BCUT2D eigenvalue weighted by Gasteiger charge is 2.59. The molecule has 0 saturated heterocycles. The highest BCUT2D eigenvalue weighted by molar-refractivity contribution is 6.11. The van der Waals surface area contributed by atoms with Crippen molar-refractivity contribution in [2.24, 2.45) is 0 Å². The number of alkyl halides is 2. The molecular weight excluding hydrogens is 432 g/mol. The number of carbonyl (C=O) groups is 2. The van der Waals surface area contributed by atoms with E-state index in [1.54, 1.807) is 12.3 Å². The van der Waals surface area contributed by atoms with Gasteiger partial charge in [0.05, 0.1) is 17.1 Å². The molecule has 2 saturated carbocycles. The number of hydrogen-bond acceptors (Lipinski definition) is 5. The zero-order valence-electron chi connectivity index (χ0n) is 17.6. The number of para-hydroxylation sites is 1. The Morgan fingerprint density at radius 1 is 1.18 bits per heavy atom. The van der Waals surface area contributed by atoms with Crippen LogP contribution in [0.15, 0.2) is 42.6 Å². The van der Waals surface area contributed by atoms with Crippen molar-refractivity contribution in [2.45, 2.75) is 49.2 Å². The zero-order valence-corrected chi connectivity index (χ0v) is 17.6. The Kier molecular flexibility index (Phi) is 4.24. The van der Waals surface area contributed by atoms with E-state index in [4.69, 9.17) is 4.74 Å². The van der Waals surface area contributed by atoms with E-state index in [0.29, 0.717) is 29.9 Å². The number of amides is 2. The van der Waals surface area contributed by atoms with Crippen LogP contribution in [0.1, 0.15) is 31.2 Å². The van der Waals surface area contributed by atoms with Crippen LogP contribution >= 0.6 is 0 Å². The normalized spacial score (nSPS) is 21.0. The summed E-state index contributed by atoms with van der Waals surface area (Å²) in [6.07, 6.45) is 1.66. The van der Waals surface area contributed by atoms with Crippen LogP contribution in [-0.2, 0) is 15.0 Å². The number of halogens is 2. The second kappa shape index (κ2) is 6.97. The summed E-state index contributed by atoms with van der Waals surface area (Å²) in [4.78, 5) is 31.8. The van der Waals surface area contributed by atoms with Crippen LogP contribution in [0.5, 0.6) is 5.88 Å². The van der Waals surface area contributed by atoms with Crippen molar-refractivity contribution in [3.05, 3.63) is 48.2 Å². The number of ether oxygens (including phenoxy) is 1. The van der Waals surface area contributed by atoms with Crippen molar-refractivity contribution in [3.63, 3.8) is 0 Å². The minimum Gasteiger partial charge on any atom is -0.474 e. The van der Waals surface area contributed by atoms with Crippen LogP contribution in [-0.4, -0.2) is 51.6 Å². The standard InChI is InChI=1S/C23H21F2N5O3/c24-23(25)7-13(8-23)27-19(31)12-30-18-4-2-1-3-15(18)22(21(30)32)9-14(10-22)33-20-6-5-16-17(28-20)11-26-29-16/h1-6,11,13-14H,7-10,12H2,(H,26,29)(H,27,31). The van der Waals surface area contributed by atoms with Crippen LogP contribution < -0.4 is 15.0 Å². The van der Waals surface area contributed by atoms with Gasteiger partial charge in [-0.3, -0.25) is 14.7 Å². The Hall–Kier alpha value is -3.56. The van der Waals surface area contributed by atoms with Gasteiger partial charge in [-0.25, -0.2) is 13.8 Å². The SMILES string of the molecule is O=C(CN1C(=O)C2(CC(Oc3ccc4[nH]ncc4n3)C2)c2ccccc21)NC1CC(F)(F)C1.